The minimum Gasteiger partial charge on any atom is -0.454 e. The van der Waals surface area contributed by atoms with Gasteiger partial charge >= 0.3 is 0 Å². The van der Waals surface area contributed by atoms with Crippen molar-refractivity contribution in [3.63, 3.8) is 0 Å². The fourth-order valence-electron chi connectivity index (χ4n) is 1.60. The summed E-state index contributed by atoms with van der Waals surface area (Å²) in [7, 11) is 0. The summed E-state index contributed by atoms with van der Waals surface area (Å²) in [5.74, 6) is 0.00305. The maximum Gasteiger partial charge on any atom is 0.180 e. The molecule has 20 heavy (non-hydrogen) atoms. The fraction of sp³-hybridized carbons (Fsp3) is 0.0714. The Morgan fingerprint density at radius 3 is 2.65 bits per heavy atom. The van der Waals surface area contributed by atoms with Crippen molar-refractivity contribution in [2.45, 2.75) is 6.92 Å². The molecule has 0 atom stereocenters. The summed E-state index contributed by atoms with van der Waals surface area (Å²) in [6.45, 7) is 1.85. The Hall–Kier alpha value is -1.17. The fourth-order valence-corrected chi connectivity index (χ4v) is 2.61. The molecule has 0 saturated heterocycles. The Labute approximate surface area is 134 Å². The monoisotopic (exact) mass is 373 g/mol. The van der Waals surface area contributed by atoms with Crippen LogP contribution in [-0.2, 0) is 0 Å². The van der Waals surface area contributed by atoms with E-state index in [0.29, 0.717) is 16.3 Å². The van der Waals surface area contributed by atoms with E-state index < -0.39 is 5.82 Å². The molecule has 2 aromatic rings. The zero-order valence-electron chi connectivity index (χ0n) is 10.4. The minimum atomic E-state index is -0.560. The van der Waals surface area contributed by atoms with E-state index in [1.807, 2.05) is 6.92 Å². The molecule has 0 aliphatic rings. The molecule has 0 aliphatic heterocycles. The average molecular weight is 375 g/mol. The van der Waals surface area contributed by atoms with Crippen LogP contribution in [0.3, 0.4) is 0 Å². The summed E-state index contributed by atoms with van der Waals surface area (Å²) in [5, 5.41) is 0.518. The van der Waals surface area contributed by atoms with Gasteiger partial charge in [-0.1, -0.05) is 29.9 Å². The van der Waals surface area contributed by atoms with Gasteiger partial charge in [0.1, 0.15) is 10.7 Å². The van der Waals surface area contributed by atoms with E-state index in [0.717, 1.165) is 5.56 Å². The van der Waals surface area contributed by atoms with Crippen LogP contribution in [0.5, 0.6) is 11.5 Å². The number of hydrogen-bond donors (Lipinski definition) is 1. The zero-order valence-corrected chi connectivity index (χ0v) is 13.6. The minimum absolute atomic E-state index is 0.0715. The Bertz CT molecular complexity index is 693. The van der Waals surface area contributed by atoms with Gasteiger partial charge in [-0.05, 0) is 52.7 Å². The molecule has 0 aromatic heterocycles. The second kappa shape index (κ2) is 6.08. The molecule has 0 unspecified atom stereocenters. The Morgan fingerprint density at radius 1 is 1.30 bits per heavy atom. The Balaban J connectivity index is 2.42. The molecule has 104 valence electrons. The number of benzene rings is 2. The van der Waals surface area contributed by atoms with Crippen LogP contribution < -0.4 is 10.5 Å². The van der Waals surface area contributed by atoms with Gasteiger partial charge < -0.3 is 10.5 Å². The van der Waals surface area contributed by atoms with Crippen molar-refractivity contribution >= 4 is 44.7 Å². The third-order valence-electron chi connectivity index (χ3n) is 2.68. The molecule has 2 nitrogen and oxygen atoms in total. The van der Waals surface area contributed by atoms with Gasteiger partial charge in [-0.25, -0.2) is 4.39 Å². The highest BCUT2D eigenvalue weighted by molar-refractivity contribution is 9.10. The highest BCUT2D eigenvalue weighted by Gasteiger charge is 2.15. The third kappa shape index (κ3) is 3.11. The molecule has 0 amide bonds. The number of ether oxygens (including phenoxy) is 1. The van der Waals surface area contributed by atoms with Gasteiger partial charge in [-0.2, -0.15) is 0 Å². The summed E-state index contributed by atoms with van der Waals surface area (Å²) in [6.07, 6.45) is 0. The molecule has 0 aliphatic carbocycles. The molecular weight excluding hydrogens is 365 g/mol. The lowest BCUT2D eigenvalue weighted by atomic mass is 10.2. The van der Waals surface area contributed by atoms with Crippen molar-refractivity contribution in [1.82, 2.24) is 0 Å². The Kier molecular flexibility index (Phi) is 4.62. The van der Waals surface area contributed by atoms with E-state index in [-0.39, 0.29) is 15.2 Å². The molecule has 0 heterocycles. The first-order valence-electron chi connectivity index (χ1n) is 5.62. The largest absolute Gasteiger partial charge is 0.454 e. The lowest BCUT2D eigenvalue weighted by molar-refractivity contribution is 0.437. The average Bonchev–Trinajstić information content (AvgIpc) is 2.39. The predicted molar refractivity (Wildman–Crippen MR) is 86.3 cm³/mol. The van der Waals surface area contributed by atoms with Crippen LogP contribution in [0.25, 0.3) is 0 Å². The van der Waals surface area contributed by atoms with Gasteiger partial charge in [0.25, 0.3) is 0 Å². The Morgan fingerprint density at radius 2 is 2.00 bits per heavy atom. The van der Waals surface area contributed by atoms with Gasteiger partial charge in [-0.3, -0.25) is 0 Å². The van der Waals surface area contributed by atoms with E-state index >= 15 is 0 Å². The first-order chi connectivity index (χ1) is 9.40. The van der Waals surface area contributed by atoms with Crippen LogP contribution in [0.15, 0.2) is 34.8 Å². The second-order valence-corrected chi connectivity index (χ2v) is 5.78. The molecule has 0 radical (unpaired) electrons. The highest BCUT2D eigenvalue weighted by atomic mass is 79.9. The van der Waals surface area contributed by atoms with Crippen molar-refractivity contribution in [1.29, 1.82) is 0 Å². The van der Waals surface area contributed by atoms with Crippen LogP contribution in [0, 0.1) is 12.7 Å². The van der Waals surface area contributed by atoms with Crippen LogP contribution >= 0.6 is 39.7 Å². The van der Waals surface area contributed by atoms with E-state index in [9.17, 15) is 4.39 Å². The summed E-state index contributed by atoms with van der Waals surface area (Å²) in [6, 6.07) is 8.26. The second-order valence-electron chi connectivity index (χ2n) is 4.12. The first-order valence-corrected chi connectivity index (χ1v) is 7.20. The van der Waals surface area contributed by atoms with Gasteiger partial charge in [-0.15, -0.1) is 0 Å². The molecule has 2 rings (SSSR count). The van der Waals surface area contributed by atoms with Gasteiger partial charge in [0, 0.05) is 10.6 Å². The maximum atomic E-state index is 14.2. The van der Waals surface area contributed by atoms with E-state index in [1.165, 1.54) is 6.07 Å². The van der Waals surface area contributed by atoms with Crippen LogP contribution in [-0.4, -0.2) is 4.99 Å². The van der Waals surface area contributed by atoms with Crippen LogP contribution in [0.1, 0.15) is 11.1 Å². The summed E-state index contributed by atoms with van der Waals surface area (Å²) >= 11 is 13.9. The number of rotatable bonds is 3. The molecule has 0 fully saturated rings. The summed E-state index contributed by atoms with van der Waals surface area (Å²) < 4.78 is 20.0. The molecule has 2 N–H and O–H groups in total. The standard InChI is InChI=1S/C14H10BrClFNOS/c1-7-2-3-8(16)6-11(7)19-10-5-4-9(14(18)20)12(15)13(10)17/h2-6H,1H3,(H2,18,20). The summed E-state index contributed by atoms with van der Waals surface area (Å²) in [5.41, 5.74) is 6.78. The molecule has 0 saturated carbocycles. The van der Waals surface area contributed by atoms with Gasteiger partial charge in [0.2, 0.25) is 0 Å². The third-order valence-corrected chi connectivity index (χ3v) is 3.91. The predicted octanol–water partition coefficient (Wildman–Crippen LogP) is 4.98. The van der Waals surface area contributed by atoms with Gasteiger partial charge in [0.05, 0.1) is 4.47 Å². The lowest BCUT2D eigenvalue weighted by Gasteiger charge is -2.12. The van der Waals surface area contributed by atoms with E-state index in [1.54, 1.807) is 24.3 Å². The molecule has 0 spiro atoms. The van der Waals surface area contributed by atoms with Crippen molar-refractivity contribution in [2.24, 2.45) is 5.73 Å². The summed E-state index contributed by atoms with van der Waals surface area (Å²) in [4.78, 5) is 0.112. The topological polar surface area (TPSA) is 35.2 Å². The number of hydrogen-bond acceptors (Lipinski definition) is 2. The van der Waals surface area contributed by atoms with Gasteiger partial charge in [0.15, 0.2) is 11.6 Å². The SMILES string of the molecule is Cc1ccc(Cl)cc1Oc1ccc(C(N)=S)c(Br)c1F. The smallest absolute Gasteiger partial charge is 0.180 e. The molecule has 6 heteroatoms. The van der Waals surface area contributed by atoms with Crippen LogP contribution in [0.4, 0.5) is 4.39 Å². The van der Waals surface area contributed by atoms with E-state index in [2.05, 4.69) is 15.9 Å². The van der Waals surface area contributed by atoms with Crippen molar-refractivity contribution in [2.75, 3.05) is 0 Å². The molecular formula is C14H10BrClFNOS. The lowest BCUT2D eigenvalue weighted by Crippen LogP contribution is -2.11. The molecule has 2 aromatic carbocycles. The highest BCUT2D eigenvalue weighted by Crippen LogP contribution is 2.33. The van der Waals surface area contributed by atoms with E-state index in [4.69, 9.17) is 34.3 Å². The molecule has 0 bridgehead atoms. The number of halogens is 3. The van der Waals surface area contributed by atoms with Crippen molar-refractivity contribution in [3.05, 3.63) is 56.8 Å². The van der Waals surface area contributed by atoms with Crippen molar-refractivity contribution in [3.8, 4) is 11.5 Å². The van der Waals surface area contributed by atoms with Crippen LogP contribution in [0.2, 0.25) is 5.02 Å². The maximum absolute atomic E-state index is 14.2. The number of nitrogens with two attached hydrogens (primary N) is 1. The first kappa shape index (κ1) is 15.2. The quantitative estimate of drug-likeness (QED) is 0.770. The number of aryl methyl sites for hydroxylation is 1. The number of thiocarbonyl (C=S) groups is 1. The zero-order chi connectivity index (χ0) is 14.9. The van der Waals surface area contributed by atoms with Crippen molar-refractivity contribution < 1.29 is 9.13 Å². The normalized spacial score (nSPS) is 10.4.